The number of furan rings is 2. The number of carbonyl (C=O) groups is 2. The van der Waals surface area contributed by atoms with Gasteiger partial charge in [0.05, 0.1) is 25.6 Å². The Kier molecular flexibility index (Phi) is 10.9. The van der Waals surface area contributed by atoms with Gasteiger partial charge in [0.15, 0.2) is 0 Å². The van der Waals surface area contributed by atoms with E-state index in [2.05, 4.69) is 10.6 Å². The van der Waals surface area contributed by atoms with E-state index in [1.165, 1.54) is 0 Å². The lowest BCUT2D eigenvalue weighted by Gasteiger charge is -2.38. The average molecular weight is 627 g/mol. The summed E-state index contributed by atoms with van der Waals surface area (Å²) in [4.78, 5) is 35.2. The van der Waals surface area contributed by atoms with Gasteiger partial charge in [0.25, 0.3) is 0 Å². The molecule has 0 saturated heterocycles. The monoisotopic (exact) mass is 626 g/mol. The van der Waals surface area contributed by atoms with Crippen molar-refractivity contribution in [1.29, 1.82) is 0 Å². The second kappa shape index (κ2) is 15.4. The SMILES string of the molecule is CN(C)c1ccc(NC(=O)N(Cc2ccco2)C[C@H]2CCCC[C@H]2CN(Cc2ccco2)C(=O)Nc2ccc(N(C)C)cc2)cc1. The highest BCUT2D eigenvalue weighted by molar-refractivity contribution is 5.90. The number of nitrogens with zero attached hydrogens (tertiary/aromatic N) is 4. The van der Waals surface area contributed by atoms with Crippen LogP contribution in [0.25, 0.3) is 0 Å². The molecule has 1 aliphatic carbocycles. The van der Waals surface area contributed by atoms with Gasteiger partial charge in [0, 0.05) is 64.0 Å². The third-order valence-electron chi connectivity index (χ3n) is 8.67. The Morgan fingerprint density at radius 2 is 1.02 bits per heavy atom. The van der Waals surface area contributed by atoms with E-state index < -0.39 is 0 Å². The van der Waals surface area contributed by atoms with Crippen molar-refractivity contribution in [2.24, 2.45) is 11.8 Å². The summed E-state index contributed by atoms with van der Waals surface area (Å²) in [6.07, 6.45) is 7.40. The molecule has 0 radical (unpaired) electrons. The van der Waals surface area contributed by atoms with Crippen LogP contribution in [0, 0.1) is 11.8 Å². The number of amides is 4. The lowest BCUT2D eigenvalue weighted by molar-refractivity contribution is 0.122. The molecule has 2 heterocycles. The maximum atomic E-state index is 13.7. The minimum Gasteiger partial charge on any atom is -0.467 e. The highest BCUT2D eigenvalue weighted by atomic mass is 16.3. The molecule has 2 N–H and O–H groups in total. The van der Waals surface area contributed by atoms with Crippen molar-refractivity contribution in [2.75, 3.05) is 61.7 Å². The van der Waals surface area contributed by atoms with E-state index >= 15 is 0 Å². The maximum absolute atomic E-state index is 13.7. The van der Waals surface area contributed by atoms with Crippen LogP contribution in [-0.2, 0) is 13.1 Å². The van der Waals surface area contributed by atoms with Crippen LogP contribution in [0.4, 0.5) is 32.3 Å². The van der Waals surface area contributed by atoms with E-state index in [4.69, 9.17) is 8.83 Å². The topological polar surface area (TPSA) is 97.4 Å². The molecule has 1 fully saturated rings. The normalized spacial score (nSPS) is 16.0. The van der Waals surface area contributed by atoms with Gasteiger partial charge in [-0.2, -0.15) is 0 Å². The van der Waals surface area contributed by atoms with Crippen LogP contribution in [0.3, 0.4) is 0 Å². The first-order chi connectivity index (χ1) is 22.2. The predicted octanol–water partition coefficient (Wildman–Crippen LogP) is 7.58. The Bertz CT molecular complexity index is 1390. The Labute approximate surface area is 271 Å². The molecular formula is C36H46N6O4. The zero-order valence-electron chi connectivity index (χ0n) is 27.3. The molecule has 10 heteroatoms. The Morgan fingerprint density at radius 1 is 0.630 bits per heavy atom. The minimum absolute atomic E-state index is 0.176. The number of hydrogen-bond acceptors (Lipinski definition) is 6. The van der Waals surface area contributed by atoms with E-state index in [0.717, 1.165) is 60.0 Å². The Morgan fingerprint density at radius 3 is 1.35 bits per heavy atom. The lowest BCUT2D eigenvalue weighted by atomic mass is 9.78. The molecule has 2 atom stereocenters. The number of anilines is 4. The van der Waals surface area contributed by atoms with Gasteiger partial charge in [0.1, 0.15) is 11.5 Å². The van der Waals surface area contributed by atoms with Crippen molar-refractivity contribution >= 4 is 34.8 Å². The fourth-order valence-electron chi connectivity index (χ4n) is 6.04. The van der Waals surface area contributed by atoms with Gasteiger partial charge in [-0.05, 0) is 97.5 Å². The Balaban J connectivity index is 1.31. The molecule has 0 aliphatic heterocycles. The number of rotatable bonds is 12. The first-order valence-corrected chi connectivity index (χ1v) is 16.0. The van der Waals surface area contributed by atoms with Gasteiger partial charge < -0.3 is 39.1 Å². The van der Waals surface area contributed by atoms with Crippen molar-refractivity contribution < 1.29 is 18.4 Å². The van der Waals surface area contributed by atoms with Crippen molar-refractivity contribution in [3.05, 3.63) is 96.8 Å². The van der Waals surface area contributed by atoms with E-state index in [1.54, 1.807) is 12.5 Å². The van der Waals surface area contributed by atoms with Crippen LogP contribution in [0.5, 0.6) is 0 Å². The minimum atomic E-state index is -0.176. The largest absolute Gasteiger partial charge is 0.467 e. The summed E-state index contributed by atoms with van der Waals surface area (Å²) in [5.41, 5.74) is 3.59. The summed E-state index contributed by atoms with van der Waals surface area (Å²) in [6.45, 7) is 1.82. The smallest absolute Gasteiger partial charge is 0.322 e. The summed E-state index contributed by atoms with van der Waals surface area (Å²) in [7, 11) is 7.95. The fraction of sp³-hybridized carbons (Fsp3) is 0.389. The summed E-state index contributed by atoms with van der Waals surface area (Å²) >= 11 is 0. The summed E-state index contributed by atoms with van der Waals surface area (Å²) < 4.78 is 11.3. The van der Waals surface area contributed by atoms with Crippen molar-refractivity contribution in [1.82, 2.24) is 9.80 Å². The highest BCUT2D eigenvalue weighted by Gasteiger charge is 2.32. The number of nitrogens with one attached hydrogen (secondary N) is 2. The van der Waals surface area contributed by atoms with Gasteiger partial charge in [0.2, 0.25) is 0 Å². The van der Waals surface area contributed by atoms with Gasteiger partial charge in [-0.15, -0.1) is 0 Å². The van der Waals surface area contributed by atoms with Gasteiger partial charge in [-0.3, -0.25) is 0 Å². The number of hydrogen-bond donors (Lipinski definition) is 2. The van der Waals surface area contributed by atoms with Gasteiger partial charge in [-0.1, -0.05) is 12.8 Å². The van der Waals surface area contributed by atoms with Gasteiger partial charge >= 0.3 is 12.1 Å². The fourth-order valence-corrected chi connectivity index (χ4v) is 6.04. The van der Waals surface area contributed by atoms with Crippen molar-refractivity contribution in [2.45, 2.75) is 38.8 Å². The molecule has 1 saturated carbocycles. The lowest BCUT2D eigenvalue weighted by Crippen LogP contribution is -2.45. The first-order valence-electron chi connectivity index (χ1n) is 16.0. The van der Waals surface area contributed by atoms with E-state index in [1.807, 2.05) is 121 Å². The third kappa shape index (κ3) is 8.87. The number of benzene rings is 2. The summed E-state index contributed by atoms with van der Waals surface area (Å²) in [5, 5.41) is 6.18. The van der Waals surface area contributed by atoms with E-state index in [0.29, 0.717) is 26.2 Å². The van der Waals surface area contributed by atoms with Crippen LogP contribution < -0.4 is 20.4 Å². The molecule has 0 bridgehead atoms. The van der Waals surface area contributed by atoms with Crippen LogP contribution in [-0.4, -0.2) is 63.1 Å². The van der Waals surface area contributed by atoms with Crippen LogP contribution in [0.1, 0.15) is 37.2 Å². The molecular weight excluding hydrogens is 580 g/mol. The number of urea groups is 2. The van der Waals surface area contributed by atoms with E-state index in [9.17, 15) is 9.59 Å². The molecule has 1 aliphatic rings. The molecule has 4 aromatic rings. The van der Waals surface area contributed by atoms with Crippen LogP contribution >= 0.6 is 0 Å². The molecule has 0 spiro atoms. The first kappa shape index (κ1) is 32.5. The summed E-state index contributed by atoms with van der Waals surface area (Å²) in [6, 6.07) is 22.7. The third-order valence-corrected chi connectivity index (χ3v) is 8.67. The second-order valence-electron chi connectivity index (χ2n) is 12.5. The maximum Gasteiger partial charge on any atom is 0.322 e. The molecule has 0 unspecified atom stereocenters. The van der Waals surface area contributed by atoms with Crippen LogP contribution in [0.2, 0.25) is 0 Å². The van der Waals surface area contributed by atoms with Crippen LogP contribution in [0.15, 0.2) is 94.2 Å². The van der Waals surface area contributed by atoms with E-state index in [-0.39, 0.29) is 23.9 Å². The number of carbonyl (C=O) groups excluding carboxylic acids is 2. The molecule has 46 heavy (non-hydrogen) atoms. The molecule has 244 valence electrons. The van der Waals surface area contributed by atoms with Crippen molar-refractivity contribution in [3.8, 4) is 0 Å². The average Bonchev–Trinajstić information content (AvgIpc) is 3.76. The highest BCUT2D eigenvalue weighted by Crippen LogP contribution is 2.33. The molecule has 5 rings (SSSR count). The zero-order chi connectivity index (χ0) is 32.5. The molecule has 2 aromatic heterocycles. The molecule has 2 aromatic carbocycles. The van der Waals surface area contributed by atoms with Crippen molar-refractivity contribution in [3.63, 3.8) is 0 Å². The summed E-state index contributed by atoms with van der Waals surface area (Å²) in [5.74, 6) is 1.86. The Hall–Kier alpha value is -4.86. The predicted molar refractivity (Wildman–Crippen MR) is 183 cm³/mol. The molecule has 10 nitrogen and oxygen atoms in total. The standard InChI is InChI=1S/C36H46N6O4/c1-39(2)31-17-13-29(14-18-31)37-35(43)41(25-33-11-7-21-45-33)23-27-9-5-6-10-28(27)24-42(26-34-12-8-22-46-34)36(44)38-30-15-19-32(20-16-30)40(3)4/h7-8,11-22,27-28H,5-6,9-10,23-26H2,1-4H3,(H,37,43)(H,38,44)/t27-,28+. The quantitative estimate of drug-likeness (QED) is 0.168. The van der Waals surface area contributed by atoms with Gasteiger partial charge in [-0.25, -0.2) is 9.59 Å². The second-order valence-corrected chi connectivity index (χ2v) is 12.5. The zero-order valence-corrected chi connectivity index (χ0v) is 27.3. The molecule has 4 amide bonds.